The van der Waals surface area contributed by atoms with Crippen LogP contribution in [0.3, 0.4) is 0 Å². The lowest BCUT2D eigenvalue weighted by Crippen LogP contribution is -2.47. The number of nitrogens with zero attached hydrogens (tertiary/aromatic N) is 2. The third-order valence-electron chi connectivity index (χ3n) is 2.82. The van der Waals surface area contributed by atoms with Gasteiger partial charge < -0.3 is 19.9 Å². The van der Waals surface area contributed by atoms with E-state index in [0.717, 1.165) is 13.1 Å². The third-order valence-corrected chi connectivity index (χ3v) is 2.82. The van der Waals surface area contributed by atoms with Crippen LogP contribution < -0.4 is 5.32 Å². The van der Waals surface area contributed by atoms with Crippen molar-refractivity contribution in [1.29, 1.82) is 0 Å². The monoisotopic (exact) mass is 237 g/mol. The van der Waals surface area contributed by atoms with Crippen LogP contribution in [0.4, 0.5) is 0 Å². The summed E-state index contributed by atoms with van der Waals surface area (Å²) in [6.07, 6.45) is 1.61. The molecule has 2 heterocycles. The Hall–Kier alpha value is -1.82. The maximum Gasteiger partial charge on any atom is 0.352 e. The van der Waals surface area contributed by atoms with Crippen LogP contribution in [0.2, 0.25) is 0 Å². The lowest BCUT2D eigenvalue weighted by molar-refractivity contribution is -0.132. The molecule has 2 rings (SSSR count). The number of carboxylic acid groups (broad SMARTS) is 1. The molecule has 6 heteroatoms. The SMILES string of the molecule is O=C(O)c1cccn1CC(=O)N1CCNCC1. The summed E-state index contributed by atoms with van der Waals surface area (Å²) in [5.74, 6) is -1.05. The number of piperazine rings is 1. The summed E-state index contributed by atoms with van der Waals surface area (Å²) in [4.78, 5) is 24.6. The average Bonchev–Trinajstić information content (AvgIpc) is 2.78. The minimum Gasteiger partial charge on any atom is -0.477 e. The van der Waals surface area contributed by atoms with E-state index in [1.54, 1.807) is 17.2 Å². The first-order valence-electron chi connectivity index (χ1n) is 5.55. The Kier molecular flexibility index (Phi) is 3.43. The Labute approximate surface area is 98.8 Å². The molecule has 1 aromatic heterocycles. The van der Waals surface area contributed by atoms with Crippen molar-refractivity contribution in [2.75, 3.05) is 26.2 Å². The summed E-state index contributed by atoms with van der Waals surface area (Å²) >= 11 is 0. The minimum absolute atomic E-state index is 0.0369. The van der Waals surface area contributed by atoms with E-state index in [9.17, 15) is 9.59 Å². The van der Waals surface area contributed by atoms with Gasteiger partial charge in [-0.3, -0.25) is 4.79 Å². The molecule has 0 radical (unpaired) electrons. The molecule has 0 aliphatic carbocycles. The summed E-state index contributed by atoms with van der Waals surface area (Å²) in [7, 11) is 0. The molecule has 1 amide bonds. The maximum absolute atomic E-state index is 11.9. The molecule has 0 aromatic carbocycles. The number of rotatable bonds is 3. The highest BCUT2D eigenvalue weighted by atomic mass is 16.4. The summed E-state index contributed by atoms with van der Waals surface area (Å²) in [6, 6.07) is 3.13. The van der Waals surface area contributed by atoms with E-state index in [-0.39, 0.29) is 18.1 Å². The van der Waals surface area contributed by atoms with Crippen molar-refractivity contribution in [2.24, 2.45) is 0 Å². The van der Waals surface area contributed by atoms with E-state index in [1.165, 1.54) is 10.6 Å². The van der Waals surface area contributed by atoms with Crippen molar-refractivity contribution in [1.82, 2.24) is 14.8 Å². The molecule has 0 atom stereocenters. The van der Waals surface area contributed by atoms with Crippen LogP contribution in [-0.4, -0.2) is 52.6 Å². The summed E-state index contributed by atoms with van der Waals surface area (Å²) in [6.45, 7) is 3.05. The van der Waals surface area contributed by atoms with Crippen LogP contribution in [0.5, 0.6) is 0 Å². The molecule has 1 fully saturated rings. The van der Waals surface area contributed by atoms with Gasteiger partial charge in [0.15, 0.2) is 0 Å². The molecule has 0 bridgehead atoms. The Balaban J connectivity index is 2.02. The van der Waals surface area contributed by atoms with E-state index in [2.05, 4.69) is 5.32 Å². The largest absolute Gasteiger partial charge is 0.477 e. The van der Waals surface area contributed by atoms with Crippen LogP contribution in [0.25, 0.3) is 0 Å². The van der Waals surface area contributed by atoms with Gasteiger partial charge >= 0.3 is 5.97 Å². The van der Waals surface area contributed by atoms with Gasteiger partial charge in [0.05, 0.1) is 0 Å². The number of nitrogens with one attached hydrogen (secondary N) is 1. The molecule has 92 valence electrons. The van der Waals surface area contributed by atoms with E-state index in [4.69, 9.17) is 5.11 Å². The fourth-order valence-electron chi connectivity index (χ4n) is 1.91. The third kappa shape index (κ3) is 2.65. The van der Waals surface area contributed by atoms with E-state index >= 15 is 0 Å². The van der Waals surface area contributed by atoms with Gasteiger partial charge in [-0.25, -0.2) is 4.79 Å². The van der Waals surface area contributed by atoms with E-state index in [0.29, 0.717) is 13.1 Å². The zero-order valence-corrected chi connectivity index (χ0v) is 9.43. The van der Waals surface area contributed by atoms with Gasteiger partial charge in [0, 0.05) is 32.4 Å². The van der Waals surface area contributed by atoms with E-state index in [1.807, 2.05) is 0 Å². The first-order valence-corrected chi connectivity index (χ1v) is 5.55. The Bertz CT molecular complexity index is 421. The topological polar surface area (TPSA) is 74.6 Å². The number of aromatic nitrogens is 1. The Morgan fingerprint density at radius 1 is 1.35 bits per heavy atom. The molecule has 1 aliphatic rings. The van der Waals surface area contributed by atoms with Gasteiger partial charge in [-0.2, -0.15) is 0 Å². The molecule has 0 unspecified atom stereocenters. The second kappa shape index (κ2) is 5.01. The number of aromatic carboxylic acids is 1. The van der Waals surface area contributed by atoms with Crippen LogP contribution in [0.1, 0.15) is 10.5 Å². The number of amides is 1. The second-order valence-corrected chi connectivity index (χ2v) is 3.96. The lowest BCUT2D eigenvalue weighted by atomic mass is 10.3. The zero-order valence-electron chi connectivity index (χ0n) is 9.43. The molecule has 2 N–H and O–H groups in total. The summed E-state index contributed by atoms with van der Waals surface area (Å²) in [5, 5.41) is 12.1. The smallest absolute Gasteiger partial charge is 0.352 e. The Morgan fingerprint density at radius 2 is 2.06 bits per heavy atom. The fraction of sp³-hybridized carbons (Fsp3) is 0.455. The highest BCUT2D eigenvalue weighted by Crippen LogP contribution is 2.04. The molecule has 17 heavy (non-hydrogen) atoms. The average molecular weight is 237 g/mol. The van der Waals surface area contributed by atoms with Crippen molar-refractivity contribution < 1.29 is 14.7 Å². The van der Waals surface area contributed by atoms with Gasteiger partial charge in [-0.05, 0) is 12.1 Å². The lowest BCUT2D eigenvalue weighted by Gasteiger charge is -2.27. The molecule has 0 spiro atoms. The highest BCUT2D eigenvalue weighted by molar-refractivity contribution is 5.86. The Morgan fingerprint density at radius 3 is 2.71 bits per heavy atom. The van der Waals surface area contributed by atoms with Crippen molar-refractivity contribution in [2.45, 2.75) is 6.54 Å². The number of carbonyl (C=O) groups excluding carboxylic acids is 1. The first-order chi connectivity index (χ1) is 8.18. The number of hydrogen-bond donors (Lipinski definition) is 2. The second-order valence-electron chi connectivity index (χ2n) is 3.96. The molecule has 1 aromatic rings. The zero-order chi connectivity index (χ0) is 12.3. The fourth-order valence-corrected chi connectivity index (χ4v) is 1.91. The summed E-state index contributed by atoms with van der Waals surface area (Å²) < 4.78 is 1.46. The van der Waals surface area contributed by atoms with Crippen molar-refractivity contribution in [3.8, 4) is 0 Å². The maximum atomic E-state index is 11.9. The molecule has 1 aliphatic heterocycles. The number of carboxylic acids is 1. The minimum atomic E-state index is -1.01. The number of carbonyl (C=O) groups is 2. The molecule has 1 saturated heterocycles. The molecular formula is C11H15N3O3. The van der Waals surface area contributed by atoms with Gasteiger partial charge in [-0.1, -0.05) is 0 Å². The van der Waals surface area contributed by atoms with Gasteiger partial charge in [0.1, 0.15) is 12.2 Å². The van der Waals surface area contributed by atoms with Gasteiger partial charge in [0.2, 0.25) is 5.91 Å². The van der Waals surface area contributed by atoms with Crippen molar-refractivity contribution >= 4 is 11.9 Å². The van der Waals surface area contributed by atoms with Crippen LogP contribution >= 0.6 is 0 Å². The van der Waals surface area contributed by atoms with Crippen LogP contribution in [0.15, 0.2) is 18.3 Å². The van der Waals surface area contributed by atoms with Gasteiger partial charge in [-0.15, -0.1) is 0 Å². The van der Waals surface area contributed by atoms with Crippen molar-refractivity contribution in [3.05, 3.63) is 24.0 Å². The van der Waals surface area contributed by atoms with Crippen LogP contribution in [-0.2, 0) is 11.3 Å². The number of hydrogen-bond acceptors (Lipinski definition) is 3. The summed E-state index contributed by atoms with van der Waals surface area (Å²) in [5.41, 5.74) is 0.147. The molecule has 6 nitrogen and oxygen atoms in total. The normalized spacial score (nSPS) is 15.9. The standard InChI is InChI=1S/C11H15N3O3/c15-10(13-6-3-12-4-7-13)8-14-5-1-2-9(14)11(16)17/h1-2,5,12H,3-4,6-8H2,(H,16,17). The van der Waals surface area contributed by atoms with Crippen LogP contribution in [0, 0.1) is 0 Å². The molecular weight excluding hydrogens is 222 g/mol. The molecule has 0 saturated carbocycles. The van der Waals surface area contributed by atoms with Crippen molar-refractivity contribution in [3.63, 3.8) is 0 Å². The first kappa shape index (κ1) is 11.7. The van der Waals surface area contributed by atoms with Gasteiger partial charge in [0.25, 0.3) is 0 Å². The quantitative estimate of drug-likeness (QED) is 0.751. The highest BCUT2D eigenvalue weighted by Gasteiger charge is 2.18. The van der Waals surface area contributed by atoms with E-state index < -0.39 is 5.97 Å². The predicted octanol–water partition coefficient (Wildman–Crippen LogP) is -0.382. The predicted molar refractivity (Wildman–Crippen MR) is 60.8 cm³/mol.